The van der Waals surface area contributed by atoms with Crippen LogP contribution in [0.1, 0.15) is 36.6 Å². The van der Waals surface area contributed by atoms with Gasteiger partial charge in [0, 0.05) is 22.1 Å². The first kappa shape index (κ1) is 15.1. The normalized spacial score (nSPS) is 13.4. The molecule has 0 atom stereocenters. The lowest BCUT2D eigenvalue weighted by Crippen LogP contribution is -2.40. The Kier molecular flexibility index (Phi) is 3.18. The van der Waals surface area contributed by atoms with Crippen LogP contribution in [0.5, 0.6) is 0 Å². The predicted molar refractivity (Wildman–Crippen MR) is 90.6 cm³/mol. The fourth-order valence-electron chi connectivity index (χ4n) is 3.28. The molecule has 0 radical (unpaired) electrons. The lowest BCUT2D eigenvalue weighted by Gasteiger charge is -2.28. The average Bonchev–Trinajstić information content (AvgIpc) is 2.59. The molecule has 0 fully saturated rings. The topological polar surface area (TPSA) is 77.5 Å². The number of carboxylic acids is 1. The molecule has 1 aliphatic heterocycles. The molecule has 0 aromatic heterocycles. The van der Waals surface area contributed by atoms with Gasteiger partial charge in [0.15, 0.2) is 0 Å². The number of carbonyl (C=O) groups is 3. The van der Waals surface area contributed by atoms with E-state index in [0.717, 1.165) is 10.5 Å². The van der Waals surface area contributed by atoms with Crippen LogP contribution >= 0.6 is 0 Å². The zero-order chi connectivity index (χ0) is 17.7. The highest BCUT2D eigenvalue weighted by molar-refractivity contribution is 6.36. The van der Waals surface area contributed by atoms with Crippen LogP contribution in [0.3, 0.4) is 0 Å². The summed E-state index contributed by atoms with van der Waals surface area (Å²) >= 11 is 0. The standard InChI is InChI=1S/C20H13NO4/c1-11-4-2-5-12(10-11)21-18(22)15-7-3-6-13-14(20(24)25)8-9-16(17(13)15)19(21)23/h2-10H,1H3,(H,24,25)/p-1. The third kappa shape index (κ3) is 2.13. The fraction of sp³-hybridized carbons (Fsp3) is 0.0500. The van der Waals surface area contributed by atoms with E-state index in [1.54, 1.807) is 36.4 Å². The van der Waals surface area contributed by atoms with Crippen molar-refractivity contribution in [2.75, 3.05) is 4.90 Å². The third-order valence-corrected chi connectivity index (χ3v) is 4.39. The maximum atomic E-state index is 12.9. The number of aryl methyl sites for hydroxylation is 1. The number of nitrogens with zero attached hydrogens (tertiary/aromatic N) is 1. The van der Waals surface area contributed by atoms with E-state index in [4.69, 9.17) is 0 Å². The summed E-state index contributed by atoms with van der Waals surface area (Å²) in [5, 5.41) is 12.0. The van der Waals surface area contributed by atoms with E-state index in [9.17, 15) is 19.5 Å². The molecule has 4 rings (SSSR count). The average molecular weight is 330 g/mol. The number of carboxylic acid groups (broad SMARTS) is 1. The zero-order valence-corrected chi connectivity index (χ0v) is 13.3. The molecule has 0 saturated heterocycles. The number of carbonyl (C=O) groups excluding carboxylic acids is 3. The SMILES string of the molecule is Cc1cccc(N2C(=O)c3cccc4c(C(=O)[O-])ccc(c34)C2=O)c1. The minimum atomic E-state index is -1.34. The molecule has 2 amide bonds. The predicted octanol–water partition coefficient (Wildman–Crippen LogP) is 2.31. The van der Waals surface area contributed by atoms with E-state index in [-0.39, 0.29) is 5.56 Å². The quantitative estimate of drug-likeness (QED) is 0.676. The van der Waals surface area contributed by atoms with Crippen molar-refractivity contribution in [3.63, 3.8) is 0 Å². The highest BCUT2D eigenvalue weighted by atomic mass is 16.4. The fourth-order valence-corrected chi connectivity index (χ4v) is 3.28. The first-order valence-corrected chi connectivity index (χ1v) is 7.71. The Morgan fingerprint density at radius 1 is 0.920 bits per heavy atom. The number of imide groups is 1. The molecule has 25 heavy (non-hydrogen) atoms. The summed E-state index contributed by atoms with van der Waals surface area (Å²) in [6.45, 7) is 1.88. The van der Waals surface area contributed by atoms with Gasteiger partial charge in [-0.2, -0.15) is 0 Å². The van der Waals surface area contributed by atoms with Gasteiger partial charge < -0.3 is 9.90 Å². The molecule has 0 spiro atoms. The van der Waals surface area contributed by atoms with Crippen LogP contribution in [0.4, 0.5) is 5.69 Å². The van der Waals surface area contributed by atoms with Crippen molar-refractivity contribution in [3.8, 4) is 0 Å². The minimum Gasteiger partial charge on any atom is -0.545 e. The molecule has 3 aromatic rings. The molecule has 0 aliphatic carbocycles. The van der Waals surface area contributed by atoms with Crippen molar-refractivity contribution < 1.29 is 19.5 Å². The van der Waals surface area contributed by atoms with Crippen molar-refractivity contribution in [1.29, 1.82) is 0 Å². The van der Waals surface area contributed by atoms with Crippen LogP contribution in [0.25, 0.3) is 10.8 Å². The molecule has 122 valence electrons. The van der Waals surface area contributed by atoms with Crippen LogP contribution in [-0.4, -0.2) is 17.8 Å². The van der Waals surface area contributed by atoms with Crippen molar-refractivity contribution >= 4 is 34.2 Å². The summed E-state index contributed by atoms with van der Waals surface area (Å²) in [5.41, 5.74) is 1.98. The van der Waals surface area contributed by atoms with E-state index < -0.39 is 17.8 Å². The summed E-state index contributed by atoms with van der Waals surface area (Å²) in [6, 6.07) is 14.7. The largest absolute Gasteiger partial charge is 0.545 e. The maximum absolute atomic E-state index is 12.9. The van der Waals surface area contributed by atoms with Gasteiger partial charge >= 0.3 is 0 Å². The number of aromatic carboxylic acids is 1. The Balaban J connectivity index is 2.01. The second-order valence-electron chi connectivity index (χ2n) is 5.96. The van der Waals surface area contributed by atoms with Crippen molar-refractivity contribution in [1.82, 2.24) is 0 Å². The molecule has 0 saturated carbocycles. The summed E-state index contributed by atoms with van der Waals surface area (Å²) < 4.78 is 0. The number of anilines is 1. The van der Waals surface area contributed by atoms with Gasteiger partial charge in [0.05, 0.1) is 11.7 Å². The van der Waals surface area contributed by atoms with Gasteiger partial charge in [0.2, 0.25) is 0 Å². The van der Waals surface area contributed by atoms with Crippen molar-refractivity contribution in [2.24, 2.45) is 0 Å². The van der Waals surface area contributed by atoms with Gasteiger partial charge in [0.25, 0.3) is 11.8 Å². The van der Waals surface area contributed by atoms with E-state index >= 15 is 0 Å². The molecular weight excluding hydrogens is 318 g/mol. The molecule has 0 bridgehead atoms. The summed E-state index contributed by atoms with van der Waals surface area (Å²) in [7, 11) is 0. The molecule has 1 aliphatic rings. The van der Waals surface area contributed by atoms with Gasteiger partial charge in [-0.25, -0.2) is 4.90 Å². The second-order valence-corrected chi connectivity index (χ2v) is 5.96. The van der Waals surface area contributed by atoms with Crippen LogP contribution in [-0.2, 0) is 0 Å². The summed E-state index contributed by atoms with van der Waals surface area (Å²) in [6.07, 6.45) is 0. The lowest BCUT2D eigenvalue weighted by molar-refractivity contribution is -0.254. The highest BCUT2D eigenvalue weighted by Crippen LogP contribution is 2.34. The number of hydrogen-bond donors (Lipinski definition) is 0. The van der Waals surface area contributed by atoms with E-state index in [1.165, 1.54) is 12.1 Å². The van der Waals surface area contributed by atoms with Crippen LogP contribution in [0.2, 0.25) is 0 Å². The van der Waals surface area contributed by atoms with Gasteiger partial charge in [0.1, 0.15) is 0 Å². The van der Waals surface area contributed by atoms with Crippen LogP contribution < -0.4 is 10.0 Å². The van der Waals surface area contributed by atoms with Gasteiger partial charge in [-0.3, -0.25) is 9.59 Å². The van der Waals surface area contributed by atoms with Crippen molar-refractivity contribution in [2.45, 2.75) is 6.92 Å². The zero-order valence-electron chi connectivity index (χ0n) is 13.3. The van der Waals surface area contributed by atoms with E-state index in [2.05, 4.69) is 0 Å². The second kappa shape index (κ2) is 5.27. The van der Waals surface area contributed by atoms with Crippen molar-refractivity contribution in [3.05, 3.63) is 76.9 Å². The number of hydrogen-bond acceptors (Lipinski definition) is 4. The molecule has 0 N–H and O–H groups in total. The monoisotopic (exact) mass is 330 g/mol. The molecular formula is C20H12NO4-. The Bertz CT molecular complexity index is 1060. The summed E-state index contributed by atoms with van der Waals surface area (Å²) in [4.78, 5) is 38.4. The first-order chi connectivity index (χ1) is 12.0. The third-order valence-electron chi connectivity index (χ3n) is 4.39. The number of benzene rings is 3. The Labute approximate surface area is 143 Å². The van der Waals surface area contributed by atoms with Gasteiger partial charge in [-0.05, 0) is 42.1 Å². The first-order valence-electron chi connectivity index (χ1n) is 7.71. The van der Waals surface area contributed by atoms with Gasteiger partial charge in [-0.15, -0.1) is 0 Å². The lowest BCUT2D eigenvalue weighted by atomic mass is 9.91. The van der Waals surface area contributed by atoms with E-state index in [0.29, 0.717) is 27.6 Å². The maximum Gasteiger partial charge on any atom is 0.265 e. The van der Waals surface area contributed by atoms with Crippen LogP contribution in [0.15, 0.2) is 54.6 Å². The van der Waals surface area contributed by atoms with Crippen LogP contribution in [0, 0.1) is 6.92 Å². The Hall–Kier alpha value is -3.47. The molecule has 5 nitrogen and oxygen atoms in total. The summed E-state index contributed by atoms with van der Waals surface area (Å²) in [5.74, 6) is -2.28. The van der Waals surface area contributed by atoms with Gasteiger partial charge in [-0.1, -0.05) is 30.3 Å². The van der Waals surface area contributed by atoms with E-state index in [1.807, 2.05) is 13.0 Å². The molecule has 1 heterocycles. The Morgan fingerprint density at radius 3 is 2.28 bits per heavy atom. The number of amides is 2. The Morgan fingerprint density at radius 2 is 1.60 bits per heavy atom. The molecule has 5 heteroatoms. The molecule has 3 aromatic carbocycles. The smallest absolute Gasteiger partial charge is 0.265 e. The molecule has 0 unspecified atom stereocenters. The number of rotatable bonds is 2. The highest BCUT2D eigenvalue weighted by Gasteiger charge is 2.34. The minimum absolute atomic E-state index is 0.0368.